The standard InChI is InChI=1S/C48H30N4/c1-2-13-33(14-3-1)51-40-19-8-5-15-34(40)38-27-32(24-26-42(38)51)47-35-16-4-7-18-39(35)49-48(50-47)52-41-20-9-6-17-36(41)46-37-25-23-30-12-10-11-29-21-22-31(28-43(46)52)45(37)44(29)30/h1-8,10-19,21-28H,9,20H2. The Bertz CT molecular complexity index is 3270. The van der Waals surface area contributed by atoms with Gasteiger partial charge in [-0.15, -0.1) is 0 Å². The van der Waals surface area contributed by atoms with E-state index in [1.807, 2.05) is 0 Å². The monoisotopic (exact) mass is 662 g/mol. The predicted molar refractivity (Wildman–Crippen MR) is 217 cm³/mol. The Hall–Kier alpha value is -6.78. The van der Waals surface area contributed by atoms with Crippen molar-refractivity contribution in [2.75, 3.05) is 0 Å². The van der Waals surface area contributed by atoms with Gasteiger partial charge in [-0.1, -0.05) is 115 Å². The summed E-state index contributed by atoms with van der Waals surface area (Å²) < 4.78 is 4.72. The van der Waals surface area contributed by atoms with Crippen molar-refractivity contribution < 1.29 is 0 Å². The van der Waals surface area contributed by atoms with Crippen molar-refractivity contribution in [2.45, 2.75) is 12.8 Å². The normalized spacial score (nSPS) is 13.2. The molecule has 11 aromatic rings. The average Bonchev–Trinajstić information content (AvgIpc) is 3.72. The van der Waals surface area contributed by atoms with Gasteiger partial charge in [0.25, 0.3) is 0 Å². The number of rotatable bonds is 3. The Kier molecular flexibility index (Phi) is 5.58. The third-order valence-corrected chi connectivity index (χ3v) is 11.3. The van der Waals surface area contributed by atoms with E-state index in [1.165, 1.54) is 70.8 Å². The van der Waals surface area contributed by atoms with Gasteiger partial charge >= 0.3 is 0 Å². The molecule has 242 valence electrons. The van der Waals surface area contributed by atoms with Crippen molar-refractivity contribution in [1.82, 2.24) is 19.1 Å². The lowest BCUT2D eigenvalue weighted by Gasteiger charge is -2.15. The van der Waals surface area contributed by atoms with E-state index < -0.39 is 0 Å². The molecular weight excluding hydrogens is 633 g/mol. The fraction of sp³-hybridized carbons (Fsp3) is 0.0417. The fourth-order valence-electron chi connectivity index (χ4n) is 9.10. The summed E-state index contributed by atoms with van der Waals surface area (Å²) in [7, 11) is 0. The van der Waals surface area contributed by atoms with E-state index >= 15 is 0 Å². The van der Waals surface area contributed by atoms with E-state index in [1.54, 1.807) is 0 Å². The summed E-state index contributed by atoms with van der Waals surface area (Å²) in [6, 6.07) is 52.7. The lowest BCUT2D eigenvalue weighted by Crippen LogP contribution is -2.08. The Morgan fingerprint density at radius 2 is 1.25 bits per heavy atom. The van der Waals surface area contributed by atoms with Gasteiger partial charge in [0.1, 0.15) is 0 Å². The predicted octanol–water partition coefficient (Wildman–Crippen LogP) is 12.2. The number of hydrogen-bond donors (Lipinski definition) is 0. The molecule has 0 atom stereocenters. The van der Waals surface area contributed by atoms with Crippen LogP contribution in [0.4, 0.5) is 0 Å². The zero-order valence-electron chi connectivity index (χ0n) is 28.2. The molecule has 0 saturated carbocycles. The summed E-state index contributed by atoms with van der Waals surface area (Å²) in [5.74, 6) is 0.717. The number of aromatic nitrogens is 4. The summed E-state index contributed by atoms with van der Waals surface area (Å²) in [5, 5.41) is 12.5. The summed E-state index contributed by atoms with van der Waals surface area (Å²) in [5.41, 5.74) is 10.2. The highest BCUT2D eigenvalue weighted by molar-refractivity contribution is 6.30. The number of benzene rings is 8. The van der Waals surface area contributed by atoms with Crippen molar-refractivity contribution in [3.63, 3.8) is 0 Å². The van der Waals surface area contributed by atoms with Crippen LogP contribution in [0.3, 0.4) is 0 Å². The minimum absolute atomic E-state index is 0.717. The van der Waals surface area contributed by atoms with Gasteiger partial charge < -0.3 is 4.57 Å². The van der Waals surface area contributed by atoms with Crippen LogP contribution >= 0.6 is 0 Å². The molecule has 1 aliphatic carbocycles. The summed E-state index contributed by atoms with van der Waals surface area (Å²) >= 11 is 0. The van der Waals surface area contributed by atoms with E-state index in [-0.39, 0.29) is 0 Å². The van der Waals surface area contributed by atoms with Gasteiger partial charge in [0.2, 0.25) is 5.95 Å². The topological polar surface area (TPSA) is 35.6 Å². The lowest BCUT2D eigenvalue weighted by atomic mass is 9.91. The number of hydrogen-bond acceptors (Lipinski definition) is 2. The van der Waals surface area contributed by atoms with Gasteiger partial charge in [-0.25, -0.2) is 9.97 Å². The number of para-hydroxylation sites is 3. The van der Waals surface area contributed by atoms with Gasteiger partial charge in [0.05, 0.1) is 27.8 Å². The molecule has 0 bridgehead atoms. The van der Waals surface area contributed by atoms with E-state index in [9.17, 15) is 0 Å². The van der Waals surface area contributed by atoms with Crippen LogP contribution in [0, 0.1) is 0 Å². The molecule has 0 aliphatic heterocycles. The number of allylic oxidation sites excluding steroid dienone is 1. The molecule has 12 rings (SSSR count). The molecule has 0 amide bonds. The molecule has 52 heavy (non-hydrogen) atoms. The van der Waals surface area contributed by atoms with Crippen molar-refractivity contribution in [1.29, 1.82) is 0 Å². The Balaban J connectivity index is 1.15. The number of nitrogens with zero attached hydrogens (tertiary/aromatic N) is 4. The Morgan fingerprint density at radius 3 is 2.15 bits per heavy atom. The first-order valence-electron chi connectivity index (χ1n) is 18.1. The molecule has 3 aromatic heterocycles. The highest BCUT2D eigenvalue weighted by Gasteiger charge is 2.25. The first kappa shape index (κ1) is 28.0. The molecule has 0 fully saturated rings. The SMILES string of the molecule is C1=Cc2c(n(-c3nc(-c4ccc5c(c4)c4ccccc4n5-c4ccccc4)c4ccccc4n3)c3cc4ccc5cccc6ccc(c23)c4c56)CC1. The smallest absolute Gasteiger partial charge is 0.235 e. The Labute approximate surface area is 298 Å². The highest BCUT2D eigenvalue weighted by atomic mass is 15.2. The molecule has 0 spiro atoms. The maximum absolute atomic E-state index is 5.52. The zero-order chi connectivity index (χ0) is 33.9. The van der Waals surface area contributed by atoms with E-state index in [2.05, 4.69) is 167 Å². The van der Waals surface area contributed by atoms with Crippen LogP contribution < -0.4 is 0 Å². The third-order valence-electron chi connectivity index (χ3n) is 11.3. The van der Waals surface area contributed by atoms with Crippen molar-refractivity contribution in [3.8, 4) is 22.9 Å². The second-order valence-corrected chi connectivity index (χ2v) is 14.1. The summed E-state index contributed by atoms with van der Waals surface area (Å²) in [6.45, 7) is 0. The highest BCUT2D eigenvalue weighted by Crippen LogP contribution is 2.44. The van der Waals surface area contributed by atoms with Crippen molar-refractivity contribution in [3.05, 3.63) is 163 Å². The minimum Gasteiger partial charge on any atom is -0.309 e. The maximum atomic E-state index is 5.52. The van der Waals surface area contributed by atoms with E-state index in [0.717, 1.165) is 52.2 Å². The van der Waals surface area contributed by atoms with Crippen LogP contribution in [0.2, 0.25) is 0 Å². The van der Waals surface area contributed by atoms with Crippen molar-refractivity contribution in [2.24, 2.45) is 0 Å². The first-order chi connectivity index (χ1) is 25.8. The van der Waals surface area contributed by atoms with Gasteiger partial charge in [-0.2, -0.15) is 0 Å². The quantitative estimate of drug-likeness (QED) is 0.177. The molecule has 0 N–H and O–H groups in total. The molecule has 0 unspecified atom stereocenters. The fourth-order valence-corrected chi connectivity index (χ4v) is 9.10. The van der Waals surface area contributed by atoms with Gasteiger partial charge in [-0.05, 0) is 87.6 Å². The number of fused-ring (bicyclic) bond motifs is 8. The molecule has 3 heterocycles. The molecule has 8 aromatic carbocycles. The zero-order valence-corrected chi connectivity index (χ0v) is 28.2. The first-order valence-corrected chi connectivity index (χ1v) is 18.1. The van der Waals surface area contributed by atoms with Crippen molar-refractivity contribution >= 4 is 82.0 Å². The second-order valence-electron chi connectivity index (χ2n) is 14.1. The molecule has 4 heteroatoms. The van der Waals surface area contributed by atoms with E-state index in [4.69, 9.17) is 9.97 Å². The molecule has 0 radical (unpaired) electrons. The molecule has 0 saturated heterocycles. The summed E-state index contributed by atoms with van der Waals surface area (Å²) in [4.78, 5) is 10.8. The Morgan fingerprint density at radius 1 is 0.481 bits per heavy atom. The molecule has 4 nitrogen and oxygen atoms in total. The van der Waals surface area contributed by atoms with Crippen LogP contribution in [-0.4, -0.2) is 19.1 Å². The van der Waals surface area contributed by atoms with Gasteiger partial charge in [-0.3, -0.25) is 4.57 Å². The lowest BCUT2D eigenvalue weighted by molar-refractivity contribution is 0.853. The van der Waals surface area contributed by atoms with E-state index in [0.29, 0.717) is 0 Å². The van der Waals surface area contributed by atoms with Crippen LogP contribution in [0.25, 0.3) is 105 Å². The van der Waals surface area contributed by atoms with Gasteiger partial charge in [0.15, 0.2) is 0 Å². The van der Waals surface area contributed by atoms with Crippen LogP contribution in [0.1, 0.15) is 17.7 Å². The second kappa shape index (κ2) is 10.4. The van der Waals surface area contributed by atoms with Gasteiger partial charge in [0, 0.05) is 44.1 Å². The van der Waals surface area contributed by atoms with Crippen LogP contribution in [-0.2, 0) is 6.42 Å². The van der Waals surface area contributed by atoms with Crippen LogP contribution in [0.15, 0.2) is 152 Å². The third kappa shape index (κ3) is 3.76. The largest absolute Gasteiger partial charge is 0.309 e. The maximum Gasteiger partial charge on any atom is 0.235 e. The molecular formula is C48H30N4. The molecule has 1 aliphatic rings. The van der Waals surface area contributed by atoms with Crippen LogP contribution in [0.5, 0.6) is 0 Å². The minimum atomic E-state index is 0.717. The summed E-state index contributed by atoms with van der Waals surface area (Å²) in [6.07, 6.45) is 6.57. The average molecular weight is 663 g/mol.